The van der Waals surface area contributed by atoms with E-state index in [2.05, 4.69) is 6.92 Å². The van der Waals surface area contributed by atoms with E-state index >= 15 is 0 Å². The lowest BCUT2D eigenvalue weighted by molar-refractivity contribution is -0.132. The van der Waals surface area contributed by atoms with Crippen molar-refractivity contribution >= 4 is 17.6 Å². The highest BCUT2D eigenvalue weighted by atomic mass is 16.5. The molecule has 1 rings (SSSR count). The molecular weight excluding hydrogens is 296 g/mol. The summed E-state index contributed by atoms with van der Waals surface area (Å²) in [5.41, 5.74) is 6.54. The van der Waals surface area contributed by atoms with Gasteiger partial charge in [0.05, 0.1) is 17.4 Å². The van der Waals surface area contributed by atoms with E-state index in [0.717, 1.165) is 12.8 Å². The van der Waals surface area contributed by atoms with Gasteiger partial charge in [-0.25, -0.2) is 4.79 Å². The predicted octanol–water partition coefficient (Wildman–Crippen LogP) is 2.47. The van der Waals surface area contributed by atoms with Gasteiger partial charge in [0.1, 0.15) is 5.75 Å². The Morgan fingerprint density at radius 2 is 2.00 bits per heavy atom. The van der Waals surface area contributed by atoms with Gasteiger partial charge in [0.25, 0.3) is 5.91 Å². The number of benzene rings is 1. The second-order valence-corrected chi connectivity index (χ2v) is 5.66. The Bertz CT molecular complexity index is 543. The molecule has 6 nitrogen and oxygen atoms in total. The van der Waals surface area contributed by atoms with Crippen LogP contribution in [0.15, 0.2) is 18.2 Å². The van der Waals surface area contributed by atoms with Crippen LogP contribution < -0.4 is 10.5 Å². The van der Waals surface area contributed by atoms with E-state index in [1.165, 1.54) is 6.07 Å². The molecule has 0 bridgehead atoms. The summed E-state index contributed by atoms with van der Waals surface area (Å²) >= 11 is 0. The zero-order chi connectivity index (χ0) is 17.4. The minimum absolute atomic E-state index is 0.118. The van der Waals surface area contributed by atoms with Gasteiger partial charge in [0.2, 0.25) is 0 Å². The summed E-state index contributed by atoms with van der Waals surface area (Å²) in [5, 5.41) is 0. The van der Waals surface area contributed by atoms with Crippen molar-refractivity contribution in [1.82, 2.24) is 4.90 Å². The molecule has 0 unspecified atom stereocenters. The van der Waals surface area contributed by atoms with Crippen molar-refractivity contribution in [3.8, 4) is 5.75 Å². The number of carbonyl (C=O) groups is 2. The third-order valence-corrected chi connectivity index (χ3v) is 3.22. The molecule has 0 radical (unpaired) electrons. The molecule has 0 aromatic heterocycles. The van der Waals surface area contributed by atoms with Crippen LogP contribution in [-0.4, -0.2) is 43.1 Å². The van der Waals surface area contributed by atoms with Crippen LogP contribution in [0.5, 0.6) is 5.75 Å². The number of ether oxygens (including phenoxy) is 2. The van der Waals surface area contributed by atoms with Gasteiger partial charge in [-0.3, -0.25) is 4.79 Å². The van der Waals surface area contributed by atoms with Gasteiger partial charge in [-0.1, -0.05) is 13.3 Å². The molecular formula is C17H26N2O4. The largest absolute Gasteiger partial charge is 0.482 e. The maximum absolute atomic E-state index is 12.0. The molecule has 1 aromatic carbocycles. The Hall–Kier alpha value is -2.24. The zero-order valence-electron chi connectivity index (χ0n) is 14.3. The lowest BCUT2D eigenvalue weighted by Gasteiger charge is -2.17. The fraction of sp³-hybridized carbons (Fsp3) is 0.529. The maximum atomic E-state index is 12.0. The average molecular weight is 322 g/mol. The molecule has 128 valence electrons. The standard InChI is InChI=1S/C17H26N2O4/c1-5-6-9-19(4)16(20)11-22-15-10-13(7-8-14(15)18)17(21)23-12(2)3/h7-8,10,12H,5-6,9,11,18H2,1-4H3. The third kappa shape index (κ3) is 6.18. The van der Waals surface area contributed by atoms with Crippen LogP contribution in [0.3, 0.4) is 0 Å². The minimum Gasteiger partial charge on any atom is -0.482 e. The molecule has 1 aromatic rings. The first-order chi connectivity index (χ1) is 10.8. The van der Waals surface area contributed by atoms with E-state index in [1.54, 1.807) is 37.9 Å². The fourth-order valence-electron chi connectivity index (χ4n) is 1.84. The number of carbonyl (C=O) groups excluding carboxylic acids is 2. The Morgan fingerprint density at radius 1 is 1.30 bits per heavy atom. The molecule has 0 saturated heterocycles. The van der Waals surface area contributed by atoms with Crippen LogP contribution in [0, 0.1) is 0 Å². The van der Waals surface area contributed by atoms with Gasteiger partial charge < -0.3 is 20.1 Å². The van der Waals surface area contributed by atoms with Crippen molar-refractivity contribution in [2.24, 2.45) is 0 Å². The fourth-order valence-corrected chi connectivity index (χ4v) is 1.84. The number of anilines is 1. The van der Waals surface area contributed by atoms with Gasteiger partial charge in [-0.2, -0.15) is 0 Å². The summed E-state index contributed by atoms with van der Waals surface area (Å²) in [7, 11) is 1.74. The van der Waals surface area contributed by atoms with Gasteiger partial charge in [0, 0.05) is 13.6 Å². The number of nitrogen functional groups attached to an aromatic ring is 1. The van der Waals surface area contributed by atoms with Crippen LogP contribution in [0.4, 0.5) is 5.69 Å². The summed E-state index contributed by atoms with van der Waals surface area (Å²) in [4.78, 5) is 25.5. The van der Waals surface area contributed by atoms with Crippen molar-refractivity contribution in [3.05, 3.63) is 23.8 Å². The van der Waals surface area contributed by atoms with Crippen LogP contribution in [-0.2, 0) is 9.53 Å². The quantitative estimate of drug-likeness (QED) is 0.587. The Kier molecular flexibility index (Phi) is 7.38. The molecule has 0 heterocycles. The van der Waals surface area contributed by atoms with Crippen LogP contribution >= 0.6 is 0 Å². The smallest absolute Gasteiger partial charge is 0.338 e. The average Bonchev–Trinajstić information content (AvgIpc) is 2.50. The summed E-state index contributed by atoms with van der Waals surface area (Å²) in [6, 6.07) is 4.64. The lowest BCUT2D eigenvalue weighted by Crippen LogP contribution is -2.32. The molecule has 0 aliphatic heterocycles. The van der Waals surface area contributed by atoms with Gasteiger partial charge >= 0.3 is 5.97 Å². The highest BCUT2D eigenvalue weighted by molar-refractivity contribution is 5.90. The number of nitrogens with zero attached hydrogens (tertiary/aromatic N) is 1. The zero-order valence-corrected chi connectivity index (χ0v) is 14.3. The van der Waals surface area contributed by atoms with E-state index in [4.69, 9.17) is 15.2 Å². The van der Waals surface area contributed by atoms with Gasteiger partial charge in [0.15, 0.2) is 6.61 Å². The summed E-state index contributed by atoms with van der Waals surface area (Å²) < 4.78 is 10.6. The molecule has 0 aliphatic carbocycles. The molecule has 0 saturated carbocycles. The first-order valence-corrected chi connectivity index (χ1v) is 7.82. The number of likely N-dealkylation sites (N-methyl/N-ethyl adjacent to an activating group) is 1. The third-order valence-electron chi connectivity index (χ3n) is 3.22. The Labute approximate surface area is 137 Å². The van der Waals surface area contributed by atoms with Gasteiger partial charge in [-0.15, -0.1) is 0 Å². The van der Waals surface area contributed by atoms with Crippen LogP contribution in [0.1, 0.15) is 44.0 Å². The van der Waals surface area contributed by atoms with E-state index < -0.39 is 5.97 Å². The minimum atomic E-state index is -0.448. The maximum Gasteiger partial charge on any atom is 0.338 e. The van der Waals surface area contributed by atoms with Crippen LogP contribution in [0.2, 0.25) is 0 Å². The number of amides is 1. The number of hydrogen-bond donors (Lipinski definition) is 1. The molecule has 0 spiro atoms. The van der Waals surface area contributed by atoms with E-state index in [9.17, 15) is 9.59 Å². The lowest BCUT2D eigenvalue weighted by atomic mass is 10.2. The molecule has 0 aliphatic rings. The monoisotopic (exact) mass is 322 g/mol. The van der Waals surface area contributed by atoms with Crippen molar-refractivity contribution in [2.45, 2.75) is 39.7 Å². The number of unbranched alkanes of at least 4 members (excludes halogenated alkanes) is 1. The number of rotatable bonds is 8. The second kappa shape index (κ2) is 9.02. The van der Waals surface area contributed by atoms with E-state index in [0.29, 0.717) is 23.5 Å². The topological polar surface area (TPSA) is 81.9 Å². The van der Waals surface area contributed by atoms with Crippen LogP contribution in [0.25, 0.3) is 0 Å². The van der Waals surface area contributed by atoms with Crippen molar-refractivity contribution in [3.63, 3.8) is 0 Å². The molecule has 23 heavy (non-hydrogen) atoms. The highest BCUT2D eigenvalue weighted by Crippen LogP contribution is 2.23. The first-order valence-electron chi connectivity index (χ1n) is 7.82. The van der Waals surface area contributed by atoms with E-state index in [-0.39, 0.29) is 18.6 Å². The Morgan fingerprint density at radius 3 is 2.61 bits per heavy atom. The molecule has 0 fully saturated rings. The van der Waals surface area contributed by atoms with Crippen molar-refractivity contribution in [1.29, 1.82) is 0 Å². The van der Waals surface area contributed by atoms with Crippen molar-refractivity contribution < 1.29 is 19.1 Å². The Balaban J connectivity index is 2.69. The van der Waals surface area contributed by atoms with Crippen molar-refractivity contribution in [2.75, 3.05) is 25.9 Å². The highest BCUT2D eigenvalue weighted by Gasteiger charge is 2.14. The van der Waals surface area contributed by atoms with Gasteiger partial charge in [-0.05, 0) is 38.5 Å². The summed E-state index contributed by atoms with van der Waals surface area (Å²) in [5.74, 6) is -0.273. The number of esters is 1. The number of hydrogen-bond acceptors (Lipinski definition) is 5. The normalized spacial score (nSPS) is 10.5. The van der Waals surface area contributed by atoms with E-state index in [1.807, 2.05) is 0 Å². The molecule has 6 heteroatoms. The number of nitrogens with two attached hydrogens (primary N) is 1. The molecule has 1 amide bonds. The SMILES string of the molecule is CCCCN(C)C(=O)COc1cc(C(=O)OC(C)C)ccc1N. The summed E-state index contributed by atoms with van der Waals surface area (Å²) in [6.07, 6.45) is 1.75. The predicted molar refractivity (Wildman–Crippen MR) is 89.4 cm³/mol. The molecule has 2 N–H and O–H groups in total. The second-order valence-electron chi connectivity index (χ2n) is 5.66. The first kappa shape index (κ1) is 18.8. The molecule has 0 atom stereocenters. The summed E-state index contributed by atoms with van der Waals surface area (Å²) in [6.45, 7) is 6.19.